The maximum Gasteiger partial charge on any atom is 0.231 e. The summed E-state index contributed by atoms with van der Waals surface area (Å²) in [5.74, 6) is 2.93. The Hall–Kier alpha value is -3.28. The maximum atomic E-state index is 12.7. The second-order valence-corrected chi connectivity index (χ2v) is 8.67. The molecular formula is C26H28N2O4. The highest BCUT2D eigenvalue weighted by atomic mass is 16.7. The van der Waals surface area contributed by atoms with Gasteiger partial charge >= 0.3 is 0 Å². The van der Waals surface area contributed by atoms with Gasteiger partial charge in [-0.15, -0.1) is 0 Å². The number of hydrogen-bond donors (Lipinski definition) is 1. The van der Waals surface area contributed by atoms with Crippen molar-refractivity contribution in [3.8, 4) is 22.8 Å². The summed E-state index contributed by atoms with van der Waals surface area (Å²) < 4.78 is 16.9. The summed E-state index contributed by atoms with van der Waals surface area (Å²) in [5, 5.41) is 3.19. The van der Waals surface area contributed by atoms with E-state index in [1.54, 1.807) is 6.20 Å². The molecule has 0 spiro atoms. The Morgan fingerprint density at radius 3 is 2.66 bits per heavy atom. The van der Waals surface area contributed by atoms with Crippen LogP contribution in [0.3, 0.4) is 0 Å². The summed E-state index contributed by atoms with van der Waals surface area (Å²) in [6, 6.07) is 16.1. The lowest BCUT2D eigenvalue weighted by Crippen LogP contribution is -2.42. The minimum absolute atomic E-state index is 0.0233. The molecule has 2 heterocycles. The molecule has 3 aromatic rings. The first-order chi connectivity index (χ1) is 15.7. The quantitative estimate of drug-likeness (QED) is 0.567. The number of carbonyl (C=O) groups is 1. The van der Waals surface area contributed by atoms with Crippen LogP contribution in [0.4, 0.5) is 0 Å². The van der Waals surface area contributed by atoms with Gasteiger partial charge in [-0.1, -0.05) is 55.7 Å². The first-order valence-corrected chi connectivity index (χ1v) is 11.4. The predicted octanol–water partition coefficient (Wildman–Crippen LogP) is 5.02. The third-order valence-corrected chi connectivity index (χ3v) is 6.60. The number of aromatic nitrogens is 1. The molecule has 1 aliphatic heterocycles. The summed E-state index contributed by atoms with van der Waals surface area (Å²) in [6.07, 6.45) is 8.26. The number of carbonyl (C=O) groups excluding carboxylic acids is 1. The second-order valence-electron chi connectivity index (χ2n) is 8.67. The zero-order valence-electron chi connectivity index (χ0n) is 18.1. The first kappa shape index (κ1) is 20.6. The van der Waals surface area contributed by atoms with Gasteiger partial charge < -0.3 is 19.2 Å². The number of ether oxygens (including phenoxy) is 2. The van der Waals surface area contributed by atoms with E-state index in [-0.39, 0.29) is 18.1 Å². The number of hydrogen-bond acceptors (Lipinski definition) is 5. The Balaban J connectivity index is 1.20. The van der Waals surface area contributed by atoms with E-state index in [9.17, 15) is 4.79 Å². The fraction of sp³-hybridized carbons (Fsp3) is 0.385. The minimum atomic E-state index is -0.0572. The number of nitrogens with zero attached hydrogens (tertiary/aromatic N) is 1. The average molecular weight is 433 g/mol. The molecule has 1 amide bonds. The van der Waals surface area contributed by atoms with Crippen LogP contribution in [0.25, 0.3) is 11.3 Å². The van der Waals surface area contributed by atoms with E-state index in [2.05, 4.69) is 22.4 Å². The van der Waals surface area contributed by atoms with Crippen LogP contribution in [0.2, 0.25) is 0 Å². The summed E-state index contributed by atoms with van der Waals surface area (Å²) in [6.45, 7) is 0.904. The van der Waals surface area contributed by atoms with Gasteiger partial charge in [-0.3, -0.25) is 4.79 Å². The van der Waals surface area contributed by atoms with E-state index < -0.39 is 0 Å². The molecule has 32 heavy (non-hydrogen) atoms. The summed E-state index contributed by atoms with van der Waals surface area (Å²) in [4.78, 5) is 17.0. The van der Waals surface area contributed by atoms with Crippen LogP contribution in [0.5, 0.6) is 11.5 Å². The standard InChI is InChI=1S/C26H28N2O4/c29-24(11-12-25-27-16-23(32-25)19-7-3-1-4-8-19)28-17-26(13-5-2-6-14-26)20-9-10-21-22(15-20)31-18-30-21/h1,3-4,7-10,15-16H,2,5-6,11-14,17-18H2,(H,28,29). The van der Waals surface area contributed by atoms with Crippen LogP contribution >= 0.6 is 0 Å². The number of oxazole rings is 1. The van der Waals surface area contributed by atoms with Gasteiger partial charge in [-0.25, -0.2) is 4.98 Å². The molecule has 0 atom stereocenters. The van der Waals surface area contributed by atoms with E-state index in [0.717, 1.165) is 35.7 Å². The molecular weight excluding hydrogens is 404 g/mol. The molecule has 5 rings (SSSR count). The smallest absolute Gasteiger partial charge is 0.231 e. The Morgan fingerprint density at radius 2 is 1.81 bits per heavy atom. The normalized spacial score (nSPS) is 16.6. The number of nitrogens with one attached hydrogen (secondary N) is 1. The van der Waals surface area contributed by atoms with E-state index in [0.29, 0.717) is 25.3 Å². The van der Waals surface area contributed by atoms with Crippen molar-refractivity contribution in [3.63, 3.8) is 0 Å². The van der Waals surface area contributed by atoms with Gasteiger partial charge in [0.1, 0.15) is 0 Å². The average Bonchev–Trinajstić information content (AvgIpc) is 3.52. The van der Waals surface area contributed by atoms with Crippen LogP contribution in [0.15, 0.2) is 59.1 Å². The van der Waals surface area contributed by atoms with Gasteiger partial charge in [-0.05, 0) is 30.5 Å². The lowest BCUT2D eigenvalue weighted by Gasteiger charge is -2.38. The predicted molar refractivity (Wildman–Crippen MR) is 121 cm³/mol. The Labute approximate surface area is 188 Å². The van der Waals surface area contributed by atoms with Crippen molar-refractivity contribution >= 4 is 5.91 Å². The zero-order chi connectivity index (χ0) is 21.8. The highest BCUT2D eigenvalue weighted by Gasteiger charge is 2.35. The molecule has 0 bridgehead atoms. The Kier molecular flexibility index (Phi) is 5.84. The van der Waals surface area contributed by atoms with Crippen LogP contribution in [0.1, 0.15) is 50.0 Å². The molecule has 1 N–H and O–H groups in total. The molecule has 0 unspecified atom stereocenters. The molecule has 1 aromatic heterocycles. The molecule has 0 saturated heterocycles. The number of amides is 1. The molecule has 6 heteroatoms. The van der Waals surface area contributed by atoms with Gasteiger partial charge in [0, 0.05) is 30.4 Å². The first-order valence-electron chi connectivity index (χ1n) is 11.4. The van der Waals surface area contributed by atoms with Gasteiger partial charge in [0.05, 0.1) is 6.20 Å². The lowest BCUT2D eigenvalue weighted by atomic mass is 9.69. The fourth-order valence-electron chi connectivity index (χ4n) is 4.76. The molecule has 1 fully saturated rings. The van der Waals surface area contributed by atoms with Crippen LogP contribution in [-0.2, 0) is 16.6 Å². The van der Waals surface area contributed by atoms with Crippen molar-refractivity contribution in [2.45, 2.75) is 50.4 Å². The van der Waals surface area contributed by atoms with E-state index in [1.165, 1.54) is 24.8 Å². The van der Waals surface area contributed by atoms with Crippen molar-refractivity contribution < 1.29 is 18.7 Å². The summed E-state index contributed by atoms with van der Waals surface area (Å²) in [7, 11) is 0. The second kappa shape index (κ2) is 9.07. The van der Waals surface area contributed by atoms with E-state index >= 15 is 0 Å². The molecule has 6 nitrogen and oxygen atoms in total. The van der Waals surface area contributed by atoms with E-state index in [4.69, 9.17) is 13.9 Å². The van der Waals surface area contributed by atoms with E-state index in [1.807, 2.05) is 36.4 Å². The topological polar surface area (TPSA) is 73.6 Å². The fourth-order valence-corrected chi connectivity index (χ4v) is 4.76. The third kappa shape index (κ3) is 4.35. The van der Waals surface area contributed by atoms with Crippen molar-refractivity contribution in [1.82, 2.24) is 10.3 Å². The summed E-state index contributed by atoms with van der Waals surface area (Å²) >= 11 is 0. The van der Waals surface area contributed by atoms with Gasteiger partial charge in [0.2, 0.25) is 12.7 Å². The Bertz CT molecular complexity index is 1070. The zero-order valence-corrected chi connectivity index (χ0v) is 18.1. The number of rotatable bonds is 7. The SMILES string of the molecule is O=C(CCc1ncc(-c2ccccc2)o1)NCC1(c2ccc3c(c2)OCO3)CCCCC1. The van der Waals surface area contributed by atoms with Gasteiger partial charge in [-0.2, -0.15) is 0 Å². The Morgan fingerprint density at radius 1 is 1.00 bits per heavy atom. The summed E-state index contributed by atoms with van der Waals surface area (Å²) in [5.41, 5.74) is 2.15. The highest BCUT2D eigenvalue weighted by Crippen LogP contribution is 2.43. The molecule has 1 saturated carbocycles. The van der Waals surface area contributed by atoms with Crippen molar-refractivity contribution in [2.75, 3.05) is 13.3 Å². The third-order valence-electron chi connectivity index (χ3n) is 6.60. The van der Waals surface area contributed by atoms with Gasteiger partial charge in [0.15, 0.2) is 23.1 Å². The van der Waals surface area contributed by atoms with Crippen LogP contribution in [-0.4, -0.2) is 24.2 Å². The lowest BCUT2D eigenvalue weighted by molar-refractivity contribution is -0.121. The number of fused-ring (bicyclic) bond motifs is 1. The van der Waals surface area contributed by atoms with Gasteiger partial charge in [0.25, 0.3) is 0 Å². The van der Waals surface area contributed by atoms with Crippen molar-refractivity contribution in [1.29, 1.82) is 0 Å². The minimum Gasteiger partial charge on any atom is -0.454 e. The number of aryl methyl sites for hydroxylation is 1. The van der Waals surface area contributed by atoms with Crippen molar-refractivity contribution in [3.05, 3.63) is 66.2 Å². The molecule has 2 aliphatic rings. The monoisotopic (exact) mass is 432 g/mol. The molecule has 166 valence electrons. The number of benzene rings is 2. The largest absolute Gasteiger partial charge is 0.454 e. The van der Waals surface area contributed by atoms with Crippen LogP contribution < -0.4 is 14.8 Å². The molecule has 0 radical (unpaired) electrons. The molecule has 1 aliphatic carbocycles. The van der Waals surface area contributed by atoms with Crippen LogP contribution in [0, 0.1) is 0 Å². The highest BCUT2D eigenvalue weighted by molar-refractivity contribution is 5.76. The maximum absolute atomic E-state index is 12.7. The van der Waals surface area contributed by atoms with Crippen molar-refractivity contribution in [2.24, 2.45) is 0 Å². The molecule has 2 aromatic carbocycles.